The summed E-state index contributed by atoms with van der Waals surface area (Å²) >= 11 is 0. The van der Waals surface area contributed by atoms with E-state index in [4.69, 9.17) is 14.7 Å². The van der Waals surface area contributed by atoms with Gasteiger partial charge >= 0.3 is 243 Å². The fourth-order valence-corrected chi connectivity index (χ4v) is 0. The fourth-order valence-electron chi connectivity index (χ4n) is 0. The van der Waals surface area contributed by atoms with E-state index < -0.39 is 8.60 Å². The molecule has 0 unspecified atom stereocenters. The topological polar surface area (TPSA) is 69.2 Å². The van der Waals surface area contributed by atoms with Gasteiger partial charge in [0.25, 0.3) is 0 Å². The summed E-state index contributed by atoms with van der Waals surface area (Å²) in [7, 11) is -3.37. The summed E-state index contributed by atoms with van der Waals surface area (Å²) < 4.78 is 0. The van der Waals surface area contributed by atoms with Crippen LogP contribution in [0.1, 0.15) is 4.28 Å². The molecule has 0 saturated heterocycles. The zero-order valence-corrected chi connectivity index (χ0v) is 23.9. The van der Waals surface area contributed by atoms with Gasteiger partial charge in [-0.1, -0.05) is 0 Å². The summed E-state index contributed by atoms with van der Waals surface area (Å²) in [6.45, 7) is 0. The maximum Gasteiger partial charge on any atom is 1.00 e. The second-order valence-electron chi connectivity index (χ2n) is 0.224. The van der Waals surface area contributed by atoms with Gasteiger partial charge in [-0.15, -0.1) is 0 Å². The molecule has 0 bridgehead atoms. The monoisotopic (exact) mass is 268 g/mol. The van der Waals surface area contributed by atoms with E-state index >= 15 is 0 Å². The Hall–Kier alpha value is 8.22. The van der Waals surface area contributed by atoms with Crippen molar-refractivity contribution in [2.45, 2.75) is 0 Å². The SMILES string of the molecule is [H-].[H-].[H-].[K+].[K+].[K+].[Na+].[Na+].[Na+].[O-]P([O-])[O-]. The molecule has 0 heterocycles. The van der Waals surface area contributed by atoms with Crippen LogP contribution in [0.15, 0.2) is 0 Å². The minimum Gasteiger partial charge on any atom is -1.00 e. The Kier molecular flexibility index (Phi) is 154. The summed E-state index contributed by atoms with van der Waals surface area (Å²) in [5.74, 6) is 0. The second kappa shape index (κ2) is 36.0. The molecule has 0 amide bonds. The molecule has 0 N–H and O–H groups in total. The molecule has 0 aliphatic carbocycles. The van der Waals surface area contributed by atoms with Gasteiger partial charge in [0, 0.05) is 0 Å². The van der Waals surface area contributed by atoms with E-state index in [-0.39, 0.29) is 247 Å². The molecule has 0 radical (unpaired) electrons. The van der Waals surface area contributed by atoms with Crippen molar-refractivity contribution in [3.8, 4) is 0 Å². The predicted molar refractivity (Wildman–Crippen MR) is 10.3 cm³/mol. The summed E-state index contributed by atoms with van der Waals surface area (Å²) in [4.78, 5) is 25.4. The van der Waals surface area contributed by atoms with Crippen LogP contribution in [0.5, 0.6) is 0 Å². The third-order valence-corrected chi connectivity index (χ3v) is 0. The molecule has 0 atom stereocenters. The van der Waals surface area contributed by atoms with Gasteiger partial charge < -0.3 is 27.6 Å². The van der Waals surface area contributed by atoms with Crippen LogP contribution in [-0.4, -0.2) is 0 Å². The van der Waals surface area contributed by atoms with Crippen LogP contribution in [0.2, 0.25) is 0 Å². The van der Waals surface area contributed by atoms with E-state index in [1.165, 1.54) is 0 Å². The molecule has 10 heavy (non-hydrogen) atoms. The standard InChI is InChI=1S/3K.3Na.O3P.3H/c;;;;;;1-4(2)3;;;/q6*+1;-3;3*-1. The Morgan fingerprint density at radius 1 is 0.700 bits per heavy atom. The van der Waals surface area contributed by atoms with Crippen LogP contribution >= 0.6 is 8.60 Å². The minimum atomic E-state index is -3.37. The van der Waals surface area contributed by atoms with E-state index in [1.807, 2.05) is 0 Å². The molecule has 0 aliphatic heterocycles. The van der Waals surface area contributed by atoms with Crippen LogP contribution in [0, 0.1) is 0 Å². The minimum absolute atomic E-state index is 0. The third-order valence-electron chi connectivity index (χ3n) is 0. The molecule has 0 aromatic heterocycles. The first kappa shape index (κ1) is 42.9. The summed E-state index contributed by atoms with van der Waals surface area (Å²) in [5, 5.41) is 0. The van der Waals surface area contributed by atoms with E-state index in [1.54, 1.807) is 0 Å². The predicted octanol–water partition coefficient (Wildman–Crippen LogP) is -20.3. The summed E-state index contributed by atoms with van der Waals surface area (Å²) in [6, 6.07) is 0. The molecule has 0 aromatic carbocycles. The van der Waals surface area contributed by atoms with Crippen molar-refractivity contribution < 1.29 is 262 Å². The van der Waals surface area contributed by atoms with Gasteiger partial charge in [-0.25, -0.2) is 0 Å². The van der Waals surface area contributed by atoms with Crippen LogP contribution in [0.4, 0.5) is 0 Å². The molecule has 0 rings (SSSR count). The molecule has 3 nitrogen and oxygen atoms in total. The van der Waals surface area contributed by atoms with Crippen molar-refractivity contribution >= 4 is 8.60 Å². The molecular formula is H3K3Na3O3P. The molecule has 0 aromatic rings. The quantitative estimate of drug-likeness (QED) is 0.324. The maximum absolute atomic E-state index is 8.48. The zero-order chi connectivity index (χ0) is 3.58. The first-order chi connectivity index (χ1) is 1.73. The van der Waals surface area contributed by atoms with Crippen LogP contribution in [-0.2, 0) is 0 Å². The average molecular weight is 268 g/mol. The molecule has 0 fully saturated rings. The van der Waals surface area contributed by atoms with E-state index in [0.717, 1.165) is 0 Å². The van der Waals surface area contributed by atoms with Crippen LogP contribution in [0.25, 0.3) is 0 Å². The maximum atomic E-state index is 8.48. The van der Waals surface area contributed by atoms with Gasteiger partial charge in [-0.3, -0.25) is 0 Å². The van der Waals surface area contributed by atoms with Gasteiger partial charge in [-0.2, -0.15) is 0 Å². The number of hydrogen-bond donors (Lipinski definition) is 0. The van der Waals surface area contributed by atoms with Gasteiger partial charge in [0.15, 0.2) is 0 Å². The van der Waals surface area contributed by atoms with Gasteiger partial charge in [0.2, 0.25) is 0 Å². The molecule has 0 saturated carbocycles. The van der Waals surface area contributed by atoms with Gasteiger partial charge in [0.1, 0.15) is 0 Å². The Bertz CT molecular complexity index is 33.8. The first-order valence-electron chi connectivity index (χ1n) is 0.548. The zero-order valence-electron chi connectivity index (χ0n) is 10.7. The average Bonchev–Trinajstić information content (AvgIpc) is 0.811. The van der Waals surface area contributed by atoms with Gasteiger partial charge in [-0.05, 0) is 0 Å². The summed E-state index contributed by atoms with van der Waals surface area (Å²) in [5.41, 5.74) is 0. The van der Waals surface area contributed by atoms with Crippen LogP contribution in [0.3, 0.4) is 0 Å². The Morgan fingerprint density at radius 2 is 0.700 bits per heavy atom. The third kappa shape index (κ3) is 55.6. The molecule has 0 spiro atoms. The normalized spacial score (nSPS) is 3.60. The van der Waals surface area contributed by atoms with Crippen molar-refractivity contribution in [1.29, 1.82) is 0 Å². The fraction of sp³-hybridized carbons (Fsp3) is 0. The largest absolute Gasteiger partial charge is 1.00 e. The summed E-state index contributed by atoms with van der Waals surface area (Å²) in [6.07, 6.45) is 0. The Balaban J connectivity index is -0.00000000125. The van der Waals surface area contributed by atoms with Crippen molar-refractivity contribution in [1.82, 2.24) is 0 Å². The molecule has 10 heteroatoms. The molecule has 0 aliphatic rings. The van der Waals surface area contributed by atoms with E-state index in [9.17, 15) is 0 Å². The smallest absolute Gasteiger partial charge is 1.00 e. The Morgan fingerprint density at radius 3 is 0.700 bits per heavy atom. The van der Waals surface area contributed by atoms with Crippen molar-refractivity contribution in [3.63, 3.8) is 0 Å². The molecule has 32 valence electrons. The Labute approximate surface area is 261 Å². The van der Waals surface area contributed by atoms with E-state index in [2.05, 4.69) is 0 Å². The van der Waals surface area contributed by atoms with Gasteiger partial charge in [0.05, 0.1) is 0 Å². The van der Waals surface area contributed by atoms with Crippen molar-refractivity contribution in [2.24, 2.45) is 0 Å². The number of rotatable bonds is 0. The van der Waals surface area contributed by atoms with Crippen LogP contribution < -0.4 is 258 Å². The van der Waals surface area contributed by atoms with E-state index in [0.29, 0.717) is 0 Å². The first-order valence-corrected chi connectivity index (χ1v) is 1.64. The second-order valence-corrected chi connectivity index (χ2v) is 0.671. The number of hydrogen-bond acceptors (Lipinski definition) is 3. The van der Waals surface area contributed by atoms with Crippen molar-refractivity contribution in [3.05, 3.63) is 0 Å². The van der Waals surface area contributed by atoms with Crippen molar-refractivity contribution in [2.75, 3.05) is 0 Å². The molecular weight excluding hydrogens is 265 g/mol.